The van der Waals surface area contributed by atoms with Crippen molar-refractivity contribution in [2.24, 2.45) is 0 Å². The second kappa shape index (κ2) is 7.13. The highest BCUT2D eigenvalue weighted by Crippen LogP contribution is 2.29. The number of benzene rings is 1. The van der Waals surface area contributed by atoms with E-state index in [1.807, 2.05) is 23.1 Å². The Morgan fingerprint density at radius 3 is 2.50 bits per heavy atom. The van der Waals surface area contributed by atoms with E-state index in [2.05, 4.69) is 6.07 Å². The monoisotopic (exact) mass is 390 g/mol. The fraction of sp³-hybridized carbons (Fsp3) is 0.421. The molecule has 5 nitrogen and oxygen atoms in total. The topological polar surface area (TPSA) is 57.7 Å². The molecule has 1 aromatic heterocycles. The Balaban J connectivity index is 1.54. The minimum Gasteiger partial charge on any atom is -0.339 e. The van der Waals surface area contributed by atoms with Crippen molar-refractivity contribution in [3.8, 4) is 0 Å². The molecule has 0 unspecified atom stereocenters. The SMILES string of the molecule is O=C(c1csc(S(=O)(=O)N2CCc3ccccc3C2)c1)N1CCCCC1. The summed E-state index contributed by atoms with van der Waals surface area (Å²) < 4.78 is 27.8. The van der Waals surface area contributed by atoms with E-state index in [0.717, 1.165) is 55.7 Å². The summed E-state index contributed by atoms with van der Waals surface area (Å²) in [5, 5.41) is 1.68. The van der Waals surface area contributed by atoms with Crippen LogP contribution in [0.3, 0.4) is 0 Å². The lowest BCUT2D eigenvalue weighted by Gasteiger charge is -2.27. The molecule has 1 amide bonds. The third-order valence-electron chi connectivity index (χ3n) is 5.16. The van der Waals surface area contributed by atoms with Crippen molar-refractivity contribution in [3.05, 3.63) is 52.4 Å². The molecular weight excluding hydrogens is 368 g/mol. The van der Waals surface area contributed by atoms with Gasteiger partial charge in [-0.15, -0.1) is 11.3 Å². The minimum atomic E-state index is -3.57. The van der Waals surface area contributed by atoms with Gasteiger partial charge in [0.1, 0.15) is 4.21 Å². The lowest BCUT2D eigenvalue weighted by molar-refractivity contribution is 0.0725. The summed E-state index contributed by atoms with van der Waals surface area (Å²) in [5.41, 5.74) is 2.77. The Kier molecular flexibility index (Phi) is 4.86. The summed E-state index contributed by atoms with van der Waals surface area (Å²) in [4.78, 5) is 14.4. The maximum absolute atomic E-state index is 13.0. The van der Waals surface area contributed by atoms with Gasteiger partial charge in [-0.2, -0.15) is 4.31 Å². The van der Waals surface area contributed by atoms with Crippen LogP contribution in [0, 0.1) is 0 Å². The molecule has 2 aliphatic heterocycles. The molecule has 1 fully saturated rings. The van der Waals surface area contributed by atoms with Crippen LogP contribution in [-0.4, -0.2) is 43.2 Å². The Hall–Kier alpha value is -1.70. The third-order valence-corrected chi connectivity index (χ3v) is 8.42. The number of rotatable bonds is 3. The van der Waals surface area contributed by atoms with Gasteiger partial charge in [0.25, 0.3) is 15.9 Å². The number of carbonyl (C=O) groups excluding carboxylic acids is 1. The molecule has 26 heavy (non-hydrogen) atoms. The number of hydrogen-bond acceptors (Lipinski definition) is 4. The summed E-state index contributed by atoms with van der Waals surface area (Å²) in [5.74, 6) is -0.0496. The van der Waals surface area contributed by atoms with E-state index < -0.39 is 10.0 Å². The second-order valence-electron chi connectivity index (χ2n) is 6.86. The van der Waals surface area contributed by atoms with Gasteiger partial charge in [-0.1, -0.05) is 24.3 Å². The second-order valence-corrected chi connectivity index (χ2v) is 9.94. The minimum absolute atomic E-state index is 0.0496. The summed E-state index contributed by atoms with van der Waals surface area (Å²) in [6, 6.07) is 9.52. The van der Waals surface area contributed by atoms with Crippen LogP contribution in [0.25, 0.3) is 0 Å². The molecule has 0 bridgehead atoms. The van der Waals surface area contributed by atoms with Crippen LogP contribution < -0.4 is 0 Å². The molecule has 0 aliphatic carbocycles. The van der Waals surface area contributed by atoms with Crippen LogP contribution >= 0.6 is 11.3 Å². The van der Waals surface area contributed by atoms with Gasteiger partial charge in [-0.3, -0.25) is 4.79 Å². The molecule has 0 radical (unpaired) electrons. The first-order valence-electron chi connectivity index (χ1n) is 9.00. The summed E-state index contributed by atoms with van der Waals surface area (Å²) >= 11 is 1.15. The van der Waals surface area contributed by atoms with Gasteiger partial charge in [-0.25, -0.2) is 8.42 Å². The van der Waals surface area contributed by atoms with Crippen LogP contribution in [-0.2, 0) is 23.0 Å². The molecule has 0 saturated carbocycles. The fourth-order valence-corrected chi connectivity index (χ4v) is 6.37. The average Bonchev–Trinajstić information content (AvgIpc) is 3.19. The van der Waals surface area contributed by atoms with Crippen molar-refractivity contribution in [3.63, 3.8) is 0 Å². The maximum atomic E-state index is 13.0. The molecule has 0 spiro atoms. The molecule has 138 valence electrons. The molecule has 1 aromatic carbocycles. The zero-order valence-electron chi connectivity index (χ0n) is 14.6. The smallest absolute Gasteiger partial charge is 0.254 e. The molecule has 7 heteroatoms. The summed E-state index contributed by atoms with van der Waals surface area (Å²) in [6.07, 6.45) is 3.92. The van der Waals surface area contributed by atoms with E-state index in [-0.39, 0.29) is 10.1 Å². The molecule has 2 aromatic rings. The van der Waals surface area contributed by atoms with Gasteiger partial charge in [0.2, 0.25) is 0 Å². The van der Waals surface area contributed by atoms with Gasteiger partial charge >= 0.3 is 0 Å². The highest BCUT2D eigenvalue weighted by atomic mass is 32.2. The van der Waals surface area contributed by atoms with Crippen molar-refractivity contribution in [2.75, 3.05) is 19.6 Å². The van der Waals surface area contributed by atoms with E-state index >= 15 is 0 Å². The van der Waals surface area contributed by atoms with Crippen molar-refractivity contribution >= 4 is 27.3 Å². The van der Waals surface area contributed by atoms with Gasteiger partial charge < -0.3 is 4.90 Å². The first-order valence-corrected chi connectivity index (χ1v) is 11.3. The maximum Gasteiger partial charge on any atom is 0.254 e. The van der Waals surface area contributed by atoms with Crippen molar-refractivity contribution in [1.29, 1.82) is 0 Å². The molecular formula is C19H22N2O3S2. The summed E-state index contributed by atoms with van der Waals surface area (Å²) in [7, 11) is -3.57. The number of sulfonamides is 1. The zero-order valence-corrected chi connectivity index (χ0v) is 16.2. The summed E-state index contributed by atoms with van der Waals surface area (Å²) in [6.45, 7) is 2.40. The highest BCUT2D eigenvalue weighted by Gasteiger charge is 2.30. The van der Waals surface area contributed by atoms with E-state index in [9.17, 15) is 13.2 Å². The van der Waals surface area contributed by atoms with Crippen LogP contribution in [0.2, 0.25) is 0 Å². The molecule has 4 rings (SSSR count). The van der Waals surface area contributed by atoms with Crippen molar-refractivity contribution in [1.82, 2.24) is 9.21 Å². The number of carbonyl (C=O) groups is 1. The molecule has 1 saturated heterocycles. The third kappa shape index (κ3) is 3.31. The predicted octanol–water partition coefficient (Wildman–Crippen LogP) is 3.12. The van der Waals surface area contributed by atoms with Crippen molar-refractivity contribution in [2.45, 2.75) is 36.4 Å². The number of thiophene rings is 1. The number of hydrogen-bond donors (Lipinski definition) is 0. The van der Waals surface area contributed by atoms with E-state index in [0.29, 0.717) is 18.7 Å². The van der Waals surface area contributed by atoms with Gasteiger partial charge in [-0.05, 0) is 42.9 Å². The lowest BCUT2D eigenvalue weighted by Crippen LogP contribution is -2.36. The van der Waals surface area contributed by atoms with Gasteiger partial charge in [0.05, 0.1) is 5.56 Å². The Morgan fingerprint density at radius 1 is 1.00 bits per heavy atom. The van der Waals surface area contributed by atoms with Crippen LogP contribution in [0.15, 0.2) is 39.9 Å². The zero-order chi connectivity index (χ0) is 18.1. The van der Waals surface area contributed by atoms with Crippen molar-refractivity contribution < 1.29 is 13.2 Å². The number of piperidine rings is 1. The van der Waals surface area contributed by atoms with Gasteiger partial charge in [0.15, 0.2) is 0 Å². The fourth-order valence-electron chi connectivity index (χ4n) is 3.65. The largest absolute Gasteiger partial charge is 0.339 e. The van der Waals surface area contributed by atoms with E-state index in [1.165, 1.54) is 9.87 Å². The van der Waals surface area contributed by atoms with Crippen LogP contribution in [0.1, 0.15) is 40.7 Å². The number of likely N-dealkylation sites (tertiary alicyclic amines) is 1. The molecule has 0 atom stereocenters. The quantitative estimate of drug-likeness (QED) is 0.809. The Bertz CT molecular complexity index is 914. The lowest BCUT2D eigenvalue weighted by atomic mass is 10.0. The first-order chi connectivity index (χ1) is 12.6. The van der Waals surface area contributed by atoms with Crippen LogP contribution in [0.5, 0.6) is 0 Å². The average molecular weight is 391 g/mol. The number of nitrogens with zero attached hydrogens (tertiary/aromatic N) is 2. The van der Waals surface area contributed by atoms with E-state index in [1.54, 1.807) is 11.4 Å². The predicted molar refractivity (Wildman–Crippen MR) is 102 cm³/mol. The highest BCUT2D eigenvalue weighted by molar-refractivity contribution is 7.91. The number of fused-ring (bicyclic) bond motifs is 1. The first kappa shape index (κ1) is 17.7. The molecule has 3 heterocycles. The normalized spacial score (nSPS) is 18.5. The molecule has 2 aliphatic rings. The van der Waals surface area contributed by atoms with Crippen LogP contribution in [0.4, 0.5) is 0 Å². The van der Waals surface area contributed by atoms with E-state index in [4.69, 9.17) is 0 Å². The Labute approximate surface area is 158 Å². The molecule has 0 N–H and O–H groups in total. The standard InChI is InChI=1S/C19H22N2O3S2/c22-19(20-9-4-1-5-10-20)17-12-18(25-14-17)26(23,24)21-11-8-15-6-2-3-7-16(15)13-21/h2-3,6-7,12,14H,1,4-5,8-11,13H2. The Morgan fingerprint density at radius 2 is 1.73 bits per heavy atom. The number of amides is 1. The van der Waals surface area contributed by atoms with Gasteiger partial charge in [0, 0.05) is 31.6 Å².